The van der Waals surface area contributed by atoms with E-state index < -0.39 is 246 Å². The van der Waals surface area contributed by atoms with Gasteiger partial charge in [0, 0.05) is 72.4 Å². The average Bonchev–Trinajstić information content (AvgIpc) is 0.804. The number of phenols is 2. The number of ketones is 4. The zero-order chi connectivity index (χ0) is 83.7. The van der Waals surface area contributed by atoms with Gasteiger partial charge in [-0.1, -0.05) is 59.6 Å². The predicted molar refractivity (Wildman–Crippen MR) is 398 cm³/mol. The Morgan fingerprint density at radius 3 is 1.96 bits per heavy atom. The summed E-state index contributed by atoms with van der Waals surface area (Å²) in [6.45, 7) is 9.56. The van der Waals surface area contributed by atoms with Gasteiger partial charge in [0.15, 0.2) is 17.3 Å². The van der Waals surface area contributed by atoms with Crippen LogP contribution < -0.4 is 53.0 Å². The number of Topliss-reactive ketones (excluding diaryl/α,β-unsaturated/α-hetero) is 2. The summed E-state index contributed by atoms with van der Waals surface area (Å²) in [5.41, 5.74) is 0.870. The van der Waals surface area contributed by atoms with Gasteiger partial charge in [0.1, 0.15) is 59.7 Å². The van der Waals surface area contributed by atoms with Gasteiger partial charge in [-0.15, -0.1) is 0 Å². The van der Waals surface area contributed by atoms with Crippen molar-refractivity contribution in [3.05, 3.63) is 63.7 Å². The lowest BCUT2D eigenvalue weighted by molar-refractivity contribution is -0.152. The number of aliphatic hydroxyl groups is 3. The van der Waals surface area contributed by atoms with Gasteiger partial charge in [-0.3, -0.25) is 81.6 Å². The maximum Gasteiger partial charge on any atom is 0.253 e. The van der Waals surface area contributed by atoms with E-state index in [9.17, 15) is 102 Å². The number of imide groups is 1. The number of nitrogens with two attached hydrogens (primary N) is 1. The summed E-state index contributed by atoms with van der Waals surface area (Å²) in [7, 11) is 1.26. The van der Waals surface area contributed by atoms with Crippen LogP contribution in [0.1, 0.15) is 168 Å². The summed E-state index contributed by atoms with van der Waals surface area (Å²) in [6, 6.07) is -3.93. The molecule has 1 saturated heterocycles. The minimum absolute atomic E-state index is 0.00717. The molecule has 8 rings (SSSR count). The van der Waals surface area contributed by atoms with Crippen molar-refractivity contribution in [2.24, 2.45) is 35.3 Å². The molecule has 6 aliphatic rings. The number of benzene rings is 2. The van der Waals surface area contributed by atoms with Gasteiger partial charge < -0.3 is 102 Å². The number of primary amides is 1. The van der Waals surface area contributed by atoms with Gasteiger partial charge >= 0.3 is 0 Å². The molecule has 0 spiro atoms. The van der Waals surface area contributed by atoms with E-state index in [0.717, 1.165) is 4.90 Å². The average molecular weight is 1600 g/mol. The number of methoxy groups -OCH3 is 1. The fraction of sp³-hybridized carbons (Fsp3) is 0.610. The Balaban J connectivity index is 0.785. The van der Waals surface area contributed by atoms with E-state index in [1.165, 1.54) is 49.3 Å². The van der Waals surface area contributed by atoms with E-state index in [1.54, 1.807) is 41.5 Å². The van der Waals surface area contributed by atoms with Crippen molar-refractivity contribution in [1.29, 1.82) is 0 Å². The van der Waals surface area contributed by atoms with Crippen molar-refractivity contribution in [3.8, 4) is 17.2 Å². The van der Waals surface area contributed by atoms with Crippen LogP contribution in [0.15, 0.2) is 30.4 Å². The fourth-order valence-corrected chi connectivity index (χ4v) is 15.4. The molecule has 2 aliphatic heterocycles. The van der Waals surface area contributed by atoms with Crippen LogP contribution in [-0.2, 0) is 92.5 Å². The first-order valence-corrected chi connectivity index (χ1v) is 38.3. The number of nitrogens with zero attached hydrogens (tertiary/aromatic N) is 2. The molecule has 624 valence electrons. The number of ether oxygens (including phenoxy) is 5. The molecule has 0 aromatic heterocycles. The molecule has 2 aromatic carbocycles. The molecule has 2 heterocycles. The number of carbonyl (C=O) groups excluding carboxylic acids is 16. The maximum atomic E-state index is 14.2. The largest absolute Gasteiger partial charge is 0.507 e. The second-order valence-corrected chi connectivity index (χ2v) is 30.1. The van der Waals surface area contributed by atoms with Crippen LogP contribution in [0.5, 0.6) is 17.2 Å². The standard InChI is InChI=1S/C77H105N11O26/c1-9-38(4)65(85-57(95)35-80-71(103)41(7)88-40(6)29-49(76(88)108)84-72(104)44-13-10-12-43(44)50(90)33-79-55(93)20-22-111-24-26-113-27-25-112-23-21-87-58(96)18-19-59(87)97)75(107)86-64(37(2)3)74(106)81-34-56(94)82-47(16-17-54(78)92)73(105)83-48-30-42(28-39(5)66(48)98)114-52-32-77(109,53(91)36-89)31-46-61(52)70(102)63-62(68(46)100)67(99)45-14-11-15-51(110-8)60(45)69(63)101/h11,14-15,18-19,37-44,47-49,52,64-66,89,98,100,102,109H,9-10,12-13,16-17,20-36H2,1-8H3,(H2,78,92)(H,79,93)(H,80,103)(H,81,106)(H,82,94)(H,83,105)(H,84,104)(H,85,95)(H,86,107)/t38?,39-,40?,41?,42-,43?,44?,47?,48+,49?,52?,64?,65?,66-,77+/m1/s1. The number of likely N-dealkylation sites (tertiary alicyclic amines) is 1. The summed E-state index contributed by atoms with van der Waals surface area (Å²) in [4.78, 5) is 216. The quantitative estimate of drug-likeness (QED) is 0.0158. The highest BCUT2D eigenvalue weighted by molar-refractivity contribution is 6.31. The first-order valence-electron chi connectivity index (χ1n) is 38.3. The van der Waals surface area contributed by atoms with Crippen molar-refractivity contribution < 1.29 is 126 Å². The lowest BCUT2D eigenvalue weighted by Gasteiger charge is -2.43. The number of fused-ring (bicyclic) bond motifs is 3. The van der Waals surface area contributed by atoms with Gasteiger partial charge in [0.2, 0.25) is 64.9 Å². The van der Waals surface area contributed by atoms with Crippen LogP contribution >= 0.6 is 0 Å². The lowest BCUT2D eigenvalue weighted by Crippen LogP contribution is -2.59. The van der Waals surface area contributed by atoms with Crippen molar-refractivity contribution in [2.45, 2.75) is 192 Å². The van der Waals surface area contributed by atoms with Crippen molar-refractivity contribution in [3.63, 3.8) is 0 Å². The number of hydrogen-bond donors (Lipinski definition) is 14. The Labute approximate surface area is 657 Å². The van der Waals surface area contributed by atoms with Crippen molar-refractivity contribution in [1.82, 2.24) is 52.3 Å². The van der Waals surface area contributed by atoms with Crippen LogP contribution in [0, 0.1) is 29.6 Å². The topological polar surface area (TPSA) is 549 Å². The predicted octanol–water partition coefficient (Wildman–Crippen LogP) is -2.56. The maximum absolute atomic E-state index is 14.2. The molecular formula is C77H105N11O26. The molecule has 114 heavy (non-hydrogen) atoms. The molecule has 37 nitrogen and oxygen atoms in total. The Kier molecular flexibility index (Phi) is 31.5. The number of aliphatic hydroxyl groups excluding tert-OH is 2. The van der Waals surface area contributed by atoms with E-state index >= 15 is 0 Å². The Morgan fingerprint density at radius 1 is 0.684 bits per heavy atom. The summed E-state index contributed by atoms with van der Waals surface area (Å²) < 4.78 is 28.1. The van der Waals surface area contributed by atoms with Crippen molar-refractivity contribution >= 4 is 94.0 Å². The van der Waals surface area contributed by atoms with Gasteiger partial charge in [-0.25, -0.2) is 0 Å². The molecule has 10 unspecified atom stereocenters. The number of phenolic OH excluding ortho intramolecular Hbond substituents is 2. The van der Waals surface area contributed by atoms with Gasteiger partial charge in [-0.2, -0.15) is 0 Å². The molecule has 15 N–H and O–H groups in total. The monoisotopic (exact) mass is 1600 g/mol. The number of carbonyl (C=O) groups is 16. The first-order chi connectivity index (χ1) is 54.0. The SMILES string of the molecule is CCC(C)C(NC(=O)CNC(=O)C(C)N1C(=O)C(NC(=O)C2CCCC2C(=O)CNC(=O)CCOCCOCCOCCN2C(=O)C=CC2=O)CC1C)C(=O)NC(C(=O)NCC(=O)NC(CCC(N)=O)C(=O)N[C@H]1C[C@H](OC2C[C@](O)(C(=O)CO)Cc3c(O)c4c(c(O)c32)C(=O)c2c(OC)cccc2C4=O)C[C@@H](C)[C@H]1O)C(C)C. The molecule has 2 aromatic rings. The van der Waals surface area contributed by atoms with Crippen LogP contribution in [0.4, 0.5) is 0 Å². The van der Waals surface area contributed by atoms with Crippen LogP contribution in [0.25, 0.3) is 0 Å². The third-order valence-electron chi connectivity index (χ3n) is 21.8. The van der Waals surface area contributed by atoms with E-state index in [2.05, 4.69) is 42.5 Å². The molecule has 2 saturated carbocycles. The molecule has 15 atom stereocenters. The van der Waals surface area contributed by atoms with Gasteiger partial charge in [-0.05, 0) is 76.2 Å². The summed E-state index contributed by atoms with van der Waals surface area (Å²) in [5, 5.41) is 77.9. The molecule has 12 amide bonds. The molecule has 37 heteroatoms. The second-order valence-electron chi connectivity index (χ2n) is 30.1. The summed E-state index contributed by atoms with van der Waals surface area (Å²) >= 11 is 0. The number of aromatic hydroxyl groups is 2. The zero-order valence-electron chi connectivity index (χ0n) is 65.1. The Bertz CT molecular complexity index is 4040. The van der Waals surface area contributed by atoms with E-state index in [-0.39, 0.29) is 119 Å². The fourth-order valence-electron chi connectivity index (χ4n) is 15.4. The Hall–Kier alpha value is -10.2. The normalized spacial score (nSPS) is 23.6. The molecule has 0 bridgehead atoms. The third-order valence-corrected chi connectivity index (χ3v) is 21.8. The molecule has 3 fully saturated rings. The smallest absolute Gasteiger partial charge is 0.253 e. The minimum atomic E-state index is -2.46. The summed E-state index contributed by atoms with van der Waals surface area (Å²) in [6.07, 6.45) is -2.16. The highest BCUT2D eigenvalue weighted by atomic mass is 16.5. The minimum Gasteiger partial charge on any atom is -0.507 e. The zero-order valence-corrected chi connectivity index (χ0v) is 65.1. The molecular weight excluding hydrogens is 1490 g/mol. The van der Waals surface area contributed by atoms with E-state index in [0.29, 0.717) is 25.7 Å². The van der Waals surface area contributed by atoms with Crippen LogP contribution in [-0.4, -0.2) is 269 Å². The number of rotatable bonds is 41. The lowest BCUT2D eigenvalue weighted by atomic mass is 9.71. The third kappa shape index (κ3) is 21.6. The molecule has 4 aliphatic carbocycles. The van der Waals surface area contributed by atoms with Gasteiger partial charge in [0.25, 0.3) is 11.8 Å². The summed E-state index contributed by atoms with van der Waals surface area (Å²) in [5.74, 6) is -16.6. The highest BCUT2D eigenvalue weighted by Crippen LogP contribution is 2.53. The van der Waals surface area contributed by atoms with E-state index in [4.69, 9.17) is 29.4 Å². The van der Waals surface area contributed by atoms with E-state index in [1.807, 2.05) is 0 Å². The van der Waals surface area contributed by atoms with Crippen LogP contribution in [0.2, 0.25) is 0 Å². The van der Waals surface area contributed by atoms with Gasteiger partial charge in [0.05, 0.1) is 114 Å². The van der Waals surface area contributed by atoms with Crippen molar-refractivity contribution in [2.75, 3.05) is 79.5 Å². The highest BCUT2D eigenvalue weighted by Gasteiger charge is 2.52. The second kappa shape index (κ2) is 40.2. The Morgan fingerprint density at radius 2 is 1.32 bits per heavy atom. The number of nitrogens with one attached hydrogen (secondary N) is 8. The molecule has 0 radical (unpaired) electrons. The first kappa shape index (κ1) is 89.4. The number of amides is 12. The van der Waals surface area contributed by atoms with Crippen LogP contribution in [0.3, 0.4) is 0 Å². The number of hydrogen-bond acceptors (Lipinski definition) is 26.